The van der Waals surface area contributed by atoms with Gasteiger partial charge in [-0.25, -0.2) is 0 Å². The lowest BCUT2D eigenvalue weighted by molar-refractivity contribution is -0.130. The highest BCUT2D eigenvalue weighted by atomic mass is 35.5. The standard InChI is InChI=1S/C13H24ClN5O/c1-4-11(17(3)10(2)20)9-18-5-7-19(8-6-18)13(16)12(14)15/h11,15-16H,4-9H2,1-3H3. The molecule has 1 fully saturated rings. The van der Waals surface area contributed by atoms with Gasteiger partial charge < -0.3 is 9.80 Å². The van der Waals surface area contributed by atoms with Crippen LogP contribution in [0.1, 0.15) is 20.3 Å². The fraction of sp³-hybridized carbons (Fsp3) is 0.769. The molecule has 0 aromatic heterocycles. The zero-order valence-corrected chi connectivity index (χ0v) is 13.2. The van der Waals surface area contributed by atoms with Crippen LogP contribution in [0, 0.1) is 10.8 Å². The van der Waals surface area contributed by atoms with Gasteiger partial charge in [0.25, 0.3) is 0 Å². The van der Waals surface area contributed by atoms with Crippen LogP contribution in [-0.2, 0) is 4.79 Å². The predicted octanol–water partition coefficient (Wildman–Crippen LogP) is 1.05. The van der Waals surface area contributed by atoms with Crippen molar-refractivity contribution in [3.8, 4) is 0 Å². The van der Waals surface area contributed by atoms with E-state index in [9.17, 15) is 4.79 Å². The number of carbonyl (C=O) groups excluding carboxylic acids is 1. The highest BCUT2D eigenvalue weighted by molar-refractivity contribution is 6.82. The Morgan fingerprint density at radius 1 is 1.30 bits per heavy atom. The Kier molecular flexibility index (Phi) is 6.42. The highest BCUT2D eigenvalue weighted by Crippen LogP contribution is 2.09. The van der Waals surface area contributed by atoms with Gasteiger partial charge in [0.05, 0.1) is 0 Å². The van der Waals surface area contributed by atoms with E-state index in [1.807, 2.05) is 11.9 Å². The molecule has 1 rings (SSSR count). The van der Waals surface area contributed by atoms with Crippen molar-refractivity contribution in [2.45, 2.75) is 26.3 Å². The van der Waals surface area contributed by atoms with Crippen LogP contribution in [0.3, 0.4) is 0 Å². The lowest BCUT2D eigenvalue weighted by Gasteiger charge is -2.38. The molecular formula is C13H24ClN5O. The molecule has 7 heteroatoms. The molecule has 0 aromatic rings. The molecule has 0 bridgehead atoms. The Morgan fingerprint density at radius 3 is 2.25 bits per heavy atom. The highest BCUT2D eigenvalue weighted by Gasteiger charge is 2.24. The van der Waals surface area contributed by atoms with E-state index in [-0.39, 0.29) is 23.0 Å². The molecule has 1 aliphatic heterocycles. The molecule has 1 saturated heterocycles. The molecule has 0 aliphatic carbocycles. The molecule has 1 atom stereocenters. The molecule has 1 unspecified atom stereocenters. The molecule has 1 aliphatic rings. The summed E-state index contributed by atoms with van der Waals surface area (Å²) in [5.41, 5.74) is 0. The van der Waals surface area contributed by atoms with E-state index in [0.29, 0.717) is 13.1 Å². The molecule has 2 N–H and O–H groups in total. The van der Waals surface area contributed by atoms with Gasteiger partial charge in [-0.3, -0.25) is 20.5 Å². The average molecular weight is 302 g/mol. The Bertz CT molecular complexity index is 379. The first-order valence-corrected chi connectivity index (χ1v) is 7.28. The summed E-state index contributed by atoms with van der Waals surface area (Å²) in [6, 6.07) is 0.227. The van der Waals surface area contributed by atoms with Crippen LogP contribution in [0.15, 0.2) is 0 Å². The fourth-order valence-corrected chi connectivity index (χ4v) is 2.49. The number of halogens is 1. The van der Waals surface area contributed by atoms with Crippen molar-refractivity contribution in [3.05, 3.63) is 0 Å². The monoisotopic (exact) mass is 301 g/mol. The minimum atomic E-state index is -0.207. The van der Waals surface area contributed by atoms with E-state index < -0.39 is 0 Å². The van der Waals surface area contributed by atoms with Crippen molar-refractivity contribution in [1.29, 1.82) is 10.8 Å². The quantitative estimate of drug-likeness (QED) is 0.589. The zero-order valence-electron chi connectivity index (χ0n) is 12.4. The minimum Gasteiger partial charge on any atom is -0.352 e. The van der Waals surface area contributed by atoms with Gasteiger partial charge in [-0.05, 0) is 6.42 Å². The van der Waals surface area contributed by atoms with E-state index in [4.69, 9.17) is 22.4 Å². The Labute approximate surface area is 125 Å². The van der Waals surface area contributed by atoms with E-state index in [1.54, 1.807) is 11.8 Å². The maximum Gasteiger partial charge on any atom is 0.219 e. The molecule has 0 aromatic carbocycles. The Morgan fingerprint density at radius 2 is 1.85 bits per heavy atom. The van der Waals surface area contributed by atoms with Crippen molar-refractivity contribution in [2.24, 2.45) is 0 Å². The van der Waals surface area contributed by atoms with Gasteiger partial charge >= 0.3 is 0 Å². The summed E-state index contributed by atoms with van der Waals surface area (Å²) >= 11 is 5.54. The van der Waals surface area contributed by atoms with Gasteiger partial charge in [0, 0.05) is 52.7 Å². The number of carbonyl (C=O) groups is 1. The maximum atomic E-state index is 11.4. The number of amides is 1. The largest absolute Gasteiger partial charge is 0.352 e. The molecule has 0 radical (unpaired) electrons. The third-order valence-electron chi connectivity index (χ3n) is 3.88. The molecule has 114 valence electrons. The van der Waals surface area contributed by atoms with Crippen LogP contribution < -0.4 is 0 Å². The summed E-state index contributed by atoms with van der Waals surface area (Å²) in [6.07, 6.45) is 0.929. The van der Waals surface area contributed by atoms with Gasteiger partial charge in [-0.2, -0.15) is 0 Å². The lowest BCUT2D eigenvalue weighted by Crippen LogP contribution is -2.53. The third kappa shape index (κ3) is 4.45. The number of likely N-dealkylation sites (N-methyl/N-ethyl adjacent to an activating group) is 1. The van der Waals surface area contributed by atoms with Gasteiger partial charge in [0.1, 0.15) is 0 Å². The van der Waals surface area contributed by atoms with Crippen molar-refractivity contribution in [1.82, 2.24) is 14.7 Å². The third-order valence-corrected chi connectivity index (χ3v) is 4.06. The molecule has 0 saturated carbocycles. The van der Waals surface area contributed by atoms with Crippen LogP contribution in [-0.4, -0.2) is 77.4 Å². The van der Waals surface area contributed by atoms with E-state index in [0.717, 1.165) is 26.1 Å². The summed E-state index contributed by atoms with van der Waals surface area (Å²) in [4.78, 5) is 17.4. The topological polar surface area (TPSA) is 74.5 Å². The summed E-state index contributed by atoms with van der Waals surface area (Å²) in [5.74, 6) is 0.187. The second-order valence-corrected chi connectivity index (χ2v) is 5.52. The zero-order chi connectivity index (χ0) is 15.3. The second kappa shape index (κ2) is 7.59. The smallest absolute Gasteiger partial charge is 0.219 e. The first-order chi connectivity index (χ1) is 9.36. The fourth-order valence-electron chi connectivity index (χ4n) is 2.37. The van der Waals surface area contributed by atoms with Gasteiger partial charge in [-0.15, -0.1) is 0 Å². The van der Waals surface area contributed by atoms with Gasteiger partial charge in [-0.1, -0.05) is 18.5 Å². The molecule has 1 amide bonds. The van der Waals surface area contributed by atoms with Crippen LogP contribution in [0.2, 0.25) is 0 Å². The number of amidine groups is 1. The van der Waals surface area contributed by atoms with Crippen molar-refractivity contribution >= 4 is 28.5 Å². The first kappa shape index (κ1) is 16.9. The van der Waals surface area contributed by atoms with Crippen LogP contribution >= 0.6 is 11.6 Å². The molecule has 20 heavy (non-hydrogen) atoms. The molecule has 6 nitrogen and oxygen atoms in total. The van der Waals surface area contributed by atoms with Crippen molar-refractivity contribution in [3.63, 3.8) is 0 Å². The maximum absolute atomic E-state index is 11.4. The van der Waals surface area contributed by atoms with Crippen LogP contribution in [0.25, 0.3) is 0 Å². The average Bonchev–Trinajstić information content (AvgIpc) is 2.43. The first-order valence-electron chi connectivity index (χ1n) is 6.90. The number of hydrogen-bond acceptors (Lipinski definition) is 4. The summed E-state index contributed by atoms with van der Waals surface area (Å²) in [5, 5.41) is 14.8. The normalized spacial score (nSPS) is 17.7. The Hall–Kier alpha value is -1.14. The summed E-state index contributed by atoms with van der Waals surface area (Å²) in [6.45, 7) is 7.59. The SMILES string of the molecule is CCC(CN1CCN(C(=N)C(=N)Cl)CC1)N(C)C(C)=O. The van der Waals surface area contributed by atoms with Crippen LogP contribution in [0.5, 0.6) is 0 Å². The lowest BCUT2D eigenvalue weighted by atomic mass is 10.1. The molecule has 0 spiro atoms. The number of hydrogen-bond donors (Lipinski definition) is 2. The molecule has 1 heterocycles. The summed E-state index contributed by atoms with van der Waals surface area (Å²) in [7, 11) is 1.84. The van der Waals surface area contributed by atoms with Gasteiger partial charge in [0.2, 0.25) is 5.91 Å². The van der Waals surface area contributed by atoms with E-state index in [2.05, 4.69) is 11.8 Å². The van der Waals surface area contributed by atoms with Crippen LogP contribution in [0.4, 0.5) is 0 Å². The number of nitrogens with zero attached hydrogens (tertiary/aromatic N) is 3. The number of rotatable bonds is 5. The predicted molar refractivity (Wildman–Crippen MR) is 81.8 cm³/mol. The number of piperazine rings is 1. The Balaban J connectivity index is 2.47. The van der Waals surface area contributed by atoms with E-state index >= 15 is 0 Å². The van der Waals surface area contributed by atoms with E-state index in [1.165, 1.54) is 0 Å². The van der Waals surface area contributed by atoms with Gasteiger partial charge in [0.15, 0.2) is 11.0 Å². The van der Waals surface area contributed by atoms with Crippen molar-refractivity contribution < 1.29 is 4.79 Å². The number of nitrogens with one attached hydrogen (secondary N) is 2. The minimum absolute atomic E-state index is 0.0906. The summed E-state index contributed by atoms with van der Waals surface area (Å²) < 4.78 is 0. The second-order valence-electron chi connectivity index (χ2n) is 5.14. The van der Waals surface area contributed by atoms with Crippen molar-refractivity contribution in [2.75, 3.05) is 39.8 Å². The molecular weight excluding hydrogens is 278 g/mol.